The molecule has 0 bridgehead atoms. The number of nitrogens with zero attached hydrogens (tertiary/aromatic N) is 2. The van der Waals surface area contributed by atoms with E-state index in [9.17, 15) is 9.59 Å². The van der Waals surface area contributed by atoms with Crippen molar-refractivity contribution in [3.63, 3.8) is 0 Å². The van der Waals surface area contributed by atoms with E-state index in [0.717, 1.165) is 29.3 Å². The minimum atomic E-state index is -0.404. The first kappa shape index (κ1) is 18.1. The van der Waals surface area contributed by atoms with Crippen LogP contribution in [0.1, 0.15) is 24.4 Å². The molecule has 0 aliphatic carbocycles. The van der Waals surface area contributed by atoms with Crippen molar-refractivity contribution in [3.8, 4) is 0 Å². The molecule has 2 aromatic carbocycles. The van der Waals surface area contributed by atoms with Crippen LogP contribution < -0.4 is 5.76 Å². The molecule has 3 heterocycles. The number of hydrogen-bond acceptors (Lipinski definition) is 3. The van der Waals surface area contributed by atoms with Crippen molar-refractivity contribution in [1.29, 1.82) is 0 Å². The Morgan fingerprint density at radius 2 is 2.10 bits per heavy atom. The van der Waals surface area contributed by atoms with Gasteiger partial charge in [-0.1, -0.05) is 29.8 Å². The van der Waals surface area contributed by atoms with Crippen LogP contribution in [0.4, 0.5) is 0 Å². The lowest BCUT2D eigenvalue weighted by molar-refractivity contribution is -0.132. The van der Waals surface area contributed by atoms with Gasteiger partial charge in [-0.3, -0.25) is 9.36 Å². The van der Waals surface area contributed by atoms with Crippen molar-refractivity contribution in [2.45, 2.75) is 25.3 Å². The number of H-pyrrole nitrogens is 1. The number of piperidine rings is 1. The van der Waals surface area contributed by atoms with Gasteiger partial charge >= 0.3 is 5.76 Å². The van der Waals surface area contributed by atoms with Crippen LogP contribution >= 0.6 is 11.6 Å². The van der Waals surface area contributed by atoms with Crippen molar-refractivity contribution >= 4 is 39.5 Å². The molecule has 7 heteroatoms. The Hall–Kier alpha value is -2.99. The number of hydrogen-bond donors (Lipinski definition) is 1. The van der Waals surface area contributed by atoms with E-state index < -0.39 is 5.76 Å². The number of likely N-dealkylation sites (tertiary alicyclic amines) is 1. The van der Waals surface area contributed by atoms with Crippen LogP contribution in [0, 0.1) is 0 Å². The highest BCUT2D eigenvalue weighted by Crippen LogP contribution is 2.27. The van der Waals surface area contributed by atoms with E-state index in [0.29, 0.717) is 35.6 Å². The van der Waals surface area contributed by atoms with E-state index >= 15 is 0 Å². The third kappa shape index (κ3) is 3.23. The third-order valence-electron chi connectivity index (χ3n) is 5.71. The highest BCUT2D eigenvalue weighted by molar-refractivity contribution is 6.31. The van der Waals surface area contributed by atoms with Gasteiger partial charge in [0.05, 0.1) is 18.0 Å². The number of oxazole rings is 1. The molecule has 1 fully saturated rings. The van der Waals surface area contributed by atoms with E-state index in [1.54, 1.807) is 22.8 Å². The van der Waals surface area contributed by atoms with Gasteiger partial charge in [0.15, 0.2) is 5.58 Å². The number of halogens is 1. The van der Waals surface area contributed by atoms with Crippen LogP contribution in [-0.4, -0.2) is 33.4 Å². The Balaban J connectivity index is 1.40. The van der Waals surface area contributed by atoms with E-state index in [-0.39, 0.29) is 11.9 Å². The van der Waals surface area contributed by atoms with Crippen LogP contribution in [0.5, 0.6) is 0 Å². The fourth-order valence-corrected chi connectivity index (χ4v) is 4.46. The molecule has 0 radical (unpaired) electrons. The fourth-order valence-electron chi connectivity index (χ4n) is 4.30. The van der Waals surface area contributed by atoms with Crippen LogP contribution in [0.15, 0.2) is 57.9 Å². The molecule has 6 nitrogen and oxygen atoms in total. The number of aromatic nitrogens is 2. The molecule has 4 aromatic rings. The number of rotatable bonds is 3. The molecule has 148 valence electrons. The average Bonchev–Trinajstić information content (AvgIpc) is 3.28. The summed E-state index contributed by atoms with van der Waals surface area (Å²) >= 11 is 6.12. The maximum Gasteiger partial charge on any atom is 0.420 e. The lowest BCUT2D eigenvalue weighted by atomic mass is 10.0. The Labute approximate surface area is 171 Å². The summed E-state index contributed by atoms with van der Waals surface area (Å²) in [4.78, 5) is 30.6. The van der Waals surface area contributed by atoms with E-state index in [1.165, 1.54) is 0 Å². The molecule has 29 heavy (non-hydrogen) atoms. The minimum absolute atomic E-state index is 0.0679. The molecule has 1 N–H and O–H groups in total. The number of carbonyl (C=O) groups is 1. The molecule has 1 saturated heterocycles. The molecule has 1 unspecified atom stereocenters. The lowest BCUT2D eigenvalue weighted by Gasteiger charge is -2.33. The fraction of sp³-hybridized carbons (Fsp3) is 0.273. The average molecular weight is 410 g/mol. The first-order chi connectivity index (χ1) is 14.1. The Morgan fingerprint density at radius 1 is 1.24 bits per heavy atom. The molecular formula is C22H20ClN3O3. The minimum Gasteiger partial charge on any atom is -0.408 e. The summed E-state index contributed by atoms with van der Waals surface area (Å²) in [6.07, 6.45) is 3.89. The standard InChI is InChI=1S/C22H20ClN3O3/c23-15-7-8-20-19(11-15)26(22(28)29-20)16-4-3-9-25(13-16)21(27)10-14-12-24-18-6-2-1-5-17(14)18/h1-2,5-8,11-12,16,24H,3-4,9-10,13H2. The topological polar surface area (TPSA) is 71.2 Å². The second-order valence-electron chi connectivity index (χ2n) is 7.52. The quantitative estimate of drug-likeness (QED) is 0.553. The van der Waals surface area contributed by atoms with Crippen LogP contribution in [-0.2, 0) is 11.2 Å². The monoisotopic (exact) mass is 409 g/mol. The second-order valence-corrected chi connectivity index (χ2v) is 7.96. The molecule has 1 aliphatic heterocycles. The van der Waals surface area contributed by atoms with Crippen molar-refractivity contribution in [1.82, 2.24) is 14.5 Å². The molecule has 2 aromatic heterocycles. The Bertz CT molecular complexity index is 1270. The van der Waals surface area contributed by atoms with Gasteiger partial charge < -0.3 is 14.3 Å². The zero-order valence-electron chi connectivity index (χ0n) is 15.7. The van der Waals surface area contributed by atoms with Crippen molar-refractivity contribution in [3.05, 3.63) is 69.8 Å². The molecule has 0 saturated carbocycles. The molecule has 1 amide bonds. The van der Waals surface area contributed by atoms with Gasteiger partial charge in [0.25, 0.3) is 0 Å². The summed E-state index contributed by atoms with van der Waals surface area (Å²) in [5, 5.41) is 1.62. The molecule has 5 rings (SSSR count). The van der Waals surface area contributed by atoms with Crippen molar-refractivity contribution < 1.29 is 9.21 Å². The SMILES string of the molecule is O=C(Cc1c[nH]c2ccccc12)N1CCCC(n2c(=O)oc3ccc(Cl)cc32)C1. The van der Waals surface area contributed by atoms with Gasteiger partial charge in [-0.05, 0) is 42.7 Å². The summed E-state index contributed by atoms with van der Waals surface area (Å²) in [5.41, 5.74) is 3.21. The number of para-hydroxylation sites is 1. The number of amides is 1. The third-order valence-corrected chi connectivity index (χ3v) is 5.94. The van der Waals surface area contributed by atoms with E-state index in [1.807, 2.05) is 35.4 Å². The van der Waals surface area contributed by atoms with Gasteiger partial charge in [0.1, 0.15) is 0 Å². The number of nitrogens with one attached hydrogen (secondary N) is 1. The summed E-state index contributed by atoms with van der Waals surface area (Å²) < 4.78 is 7.02. The van der Waals surface area contributed by atoms with Crippen LogP contribution in [0.2, 0.25) is 5.02 Å². The number of aromatic amines is 1. The zero-order chi connectivity index (χ0) is 20.0. The highest BCUT2D eigenvalue weighted by Gasteiger charge is 2.28. The Kier molecular flexibility index (Phi) is 4.43. The first-order valence-corrected chi connectivity index (χ1v) is 10.1. The summed E-state index contributed by atoms with van der Waals surface area (Å²) in [7, 11) is 0. The van der Waals surface area contributed by atoms with E-state index in [4.69, 9.17) is 16.0 Å². The van der Waals surface area contributed by atoms with Crippen LogP contribution in [0.25, 0.3) is 22.0 Å². The number of benzene rings is 2. The Morgan fingerprint density at radius 3 is 3.00 bits per heavy atom. The van der Waals surface area contributed by atoms with Crippen LogP contribution in [0.3, 0.4) is 0 Å². The van der Waals surface area contributed by atoms with Gasteiger partial charge in [-0.15, -0.1) is 0 Å². The maximum absolute atomic E-state index is 13.0. The van der Waals surface area contributed by atoms with Gasteiger partial charge in [0, 0.05) is 35.2 Å². The smallest absolute Gasteiger partial charge is 0.408 e. The molecule has 0 spiro atoms. The van der Waals surface area contributed by atoms with Crippen molar-refractivity contribution in [2.75, 3.05) is 13.1 Å². The summed E-state index contributed by atoms with van der Waals surface area (Å²) in [6.45, 7) is 1.19. The summed E-state index contributed by atoms with van der Waals surface area (Å²) in [5.74, 6) is -0.337. The summed E-state index contributed by atoms with van der Waals surface area (Å²) in [6, 6.07) is 13.0. The number of fused-ring (bicyclic) bond motifs is 2. The predicted molar refractivity (Wildman–Crippen MR) is 112 cm³/mol. The molecular weight excluding hydrogens is 390 g/mol. The van der Waals surface area contributed by atoms with Gasteiger partial charge in [-0.2, -0.15) is 0 Å². The predicted octanol–water partition coefficient (Wildman–Crippen LogP) is 4.14. The van der Waals surface area contributed by atoms with E-state index in [2.05, 4.69) is 4.98 Å². The largest absolute Gasteiger partial charge is 0.420 e. The second kappa shape index (κ2) is 7.12. The molecule has 1 aliphatic rings. The first-order valence-electron chi connectivity index (χ1n) is 9.73. The maximum atomic E-state index is 13.0. The lowest BCUT2D eigenvalue weighted by Crippen LogP contribution is -2.42. The number of carbonyl (C=O) groups excluding carboxylic acids is 1. The van der Waals surface area contributed by atoms with Gasteiger partial charge in [0.2, 0.25) is 5.91 Å². The zero-order valence-corrected chi connectivity index (χ0v) is 16.5. The van der Waals surface area contributed by atoms with Gasteiger partial charge in [-0.25, -0.2) is 4.79 Å². The normalized spacial score (nSPS) is 17.3. The molecule has 1 atom stereocenters. The highest BCUT2D eigenvalue weighted by atomic mass is 35.5. The van der Waals surface area contributed by atoms with Crippen molar-refractivity contribution in [2.24, 2.45) is 0 Å².